The third-order valence-corrected chi connectivity index (χ3v) is 8.09. The van der Waals surface area contributed by atoms with Gasteiger partial charge in [0.2, 0.25) is 0 Å². The molecular weight excluding hydrogens is 428 g/mol. The first kappa shape index (κ1) is 21.3. The van der Waals surface area contributed by atoms with Crippen LogP contribution in [0, 0.1) is 11.8 Å². The molecule has 0 radical (unpaired) electrons. The number of likely N-dealkylation sites (tertiary alicyclic amines) is 1. The minimum absolute atomic E-state index is 0.0545. The van der Waals surface area contributed by atoms with Gasteiger partial charge in [-0.3, -0.25) is 9.58 Å². The van der Waals surface area contributed by atoms with Crippen LogP contribution < -0.4 is 10.5 Å². The van der Waals surface area contributed by atoms with Crippen molar-refractivity contribution in [3.8, 4) is 17.0 Å². The Balaban J connectivity index is 1.18. The van der Waals surface area contributed by atoms with E-state index in [0.29, 0.717) is 29.4 Å². The Morgan fingerprint density at radius 1 is 1.21 bits per heavy atom. The van der Waals surface area contributed by atoms with E-state index in [9.17, 15) is 8.78 Å². The molecule has 2 aliphatic heterocycles. The van der Waals surface area contributed by atoms with Gasteiger partial charge in [0, 0.05) is 55.2 Å². The van der Waals surface area contributed by atoms with Crippen LogP contribution in [0.2, 0.25) is 0 Å². The van der Waals surface area contributed by atoms with Crippen molar-refractivity contribution >= 4 is 5.82 Å². The Morgan fingerprint density at radius 3 is 2.61 bits per heavy atom. The zero-order valence-corrected chi connectivity index (χ0v) is 19.1. The van der Waals surface area contributed by atoms with Gasteiger partial charge in [0.15, 0.2) is 11.6 Å². The number of aromatic nitrogens is 3. The second-order valence-corrected chi connectivity index (χ2v) is 10.5. The maximum absolute atomic E-state index is 12.7. The molecule has 178 valence electrons. The largest absolute Gasteiger partial charge is 0.431 e. The van der Waals surface area contributed by atoms with E-state index in [1.165, 1.54) is 37.4 Å². The molecule has 4 fully saturated rings. The summed E-state index contributed by atoms with van der Waals surface area (Å²) in [6.07, 6.45) is 6.46. The highest BCUT2D eigenvalue weighted by molar-refractivity contribution is 5.64. The van der Waals surface area contributed by atoms with Crippen LogP contribution in [0.5, 0.6) is 5.75 Å². The molecule has 2 N–H and O–H groups in total. The molecule has 0 aromatic carbocycles. The van der Waals surface area contributed by atoms with Gasteiger partial charge in [0.05, 0.1) is 11.3 Å². The van der Waals surface area contributed by atoms with Crippen molar-refractivity contribution in [1.82, 2.24) is 19.7 Å². The second kappa shape index (κ2) is 7.63. The first-order valence-electron chi connectivity index (χ1n) is 12.0. The van der Waals surface area contributed by atoms with E-state index in [4.69, 9.17) is 15.6 Å². The molecule has 4 aliphatic rings. The van der Waals surface area contributed by atoms with E-state index in [1.54, 1.807) is 6.20 Å². The summed E-state index contributed by atoms with van der Waals surface area (Å²) in [5, 5.41) is 4.81. The lowest BCUT2D eigenvalue weighted by Crippen LogP contribution is -2.64. The van der Waals surface area contributed by atoms with Crippen LogP contribution in [0.1, 0.15) is 57.2 Å². The molecule has 1 unspecified atom stereocenters. The number of anilines is 1. The number of fused-ring (bicyclic) bond motifs is 1. The molecule has 0 amide bonds. The minimum Gasteiger partial charge on any atom is -0.431 e. The van der Waals surface area contributed by atoms with E-state index >= 15 is 0 Å². The van der Waals surface area contributed by atoms with Crippen molar-refractivity contribution in [3.05, 3.63) is 24.0 Å². The first-order valence-corrected chi connectivity index (χ1v) is 12.0. The quantitative estimate of drug-likeness (QED) is 0.702. The van der Waals surface area contributed by atoms with E-state index < -0.39 is 6.61 Å². The number of pyridine rings is 1. The summed E-state index contributed by atoms with van der Waals surface area (Å²) in [6.45, 7) is 4.41. The molecular formula is C24H31F2N5O2. The number of ether oxygens (including phenoxy) is 2. The molecule has 6 rings (SSSR count). The molecule has 9 heteroatoms. The van der Waals surface area contributed by atoms with E-state index in [2.05, 4.69) is 39.2 Å². The number of alkyl halides is 2. The summed E-state index contributed by atoms with van der Waals surface area (Å²) in [4.78, 5) is 6.67. The molecule has 7 nitrogen and oxygen atoms in total. The lowest BCUT2D eigenvalue weighted by Gasteiger charge is -2.50. The lowest BCUT2D eigenvalue weighted by atomic mass is 9.88. The third-order valence-electron chi connectivity index (χ3n) is 8.09. The fourth-order valence-corrected chi connectivity index (χ4v) is 6.50. The van der Waals surface area contributed by atoms with Crippen LogP contribution in [0.15, 0.2) is 18.3 Å². The van der Waals surface area contributed by atoms with E-state index in [-0.39, 0.29) is 23.2 Å². The Morgan fingerprint density at radius 2 is 1.97 bits per heavy atom. The molecule has 2 saturated heterocycles. The molecule has 2 aromatic rings. The van der Waals surface area contributed by atoms with Gasteiger partial charge in [0.1, 0.15) is 0 Å². The van der Waals surface area contributed by atoms with Gasteiger partial charge in [-0.05, 0) is 63.5 Å². The number of hydrogen-bond donors (Lipinski definition) is 1. The van der Waals surface area contributed by atoms with Crippen LogP contribution in [0.25, 0.3) is 11.3 Å². The van der Waals surface area contributed by atoms with Gasteiger partial charge in [-0.2, -0.15) is 13.9 Å². The van der Waals surface area contributed by atoms with Gasteiger partial charge < -0.3 is 15.2 Å². The van der Waals surface area contributed by atoms with Crippen molar-refractivity contribution in [1.29, 1.82) is 0 Å². The fourth-order valence-electron chi connectivity index (χ4n) is 6.50. The molecule has 2 saturated carbocycles. The molecule has 0 bridgehead atoms. The Hall–Kier alpha value is -2.26. The van der Waals surface area contributed by atoms with Gasteiger partial charge in [-0.15, -0.1) is 0 Å². The maximum Gasteiger partial charge on any atom is 0.387 e. The van der Waals surface area contributed by atoms with Crippen molar-refractivity contribution in [2.45, 2.75) is 69.7 Å². The third kappa shape index (κ3) is 3.60. The number of rotatable bonds is 6. The zero-order chi connectivity index (χ0) is 22.9. The highest BCUT2D eigenvalue weighted by Gasteiger charge is 2.61. The SMILES string of the molecule is CC(C)n1nc(-c2cnc(N)c(OC(F)F)c2)cc1[C@H]1[C@@H]2CC(N3CC4(CCCO4)C3)C[C@@H]21. The predicted molar refractivity (Wildman–Crippen MR) is 119 cm³/mol. The molecule has 4 heterocycles. The van der Waals surface area contributed by atoms with Crippen molar-refractivity contribution in [2.24, 2.45) is 11.8 Å². The Labute approximate surface area is 192 Å². The highest BCUT2D eigenvalue weighted by atomic mass is 19.3. The van der Waals surface area contributed by atoms with Gasteiger partial charge in [-0.25, -0.2) is 4.98 Å². The van der Waals surface area contributed by atoms with Crippen molar-refractivity contribution in [3.63, 3.8) is 0 Å². The van der Waals surface area contributed by atoms with Gasteiger partial charge >= 0.3 is 6.61 Å². The van der Waals surface area contributed by atoms with Crippen molar-refractivity contribution < 1.29 is 18.3 Å². The molecule has 4 atom stereocenters. The van der Waals surface area contributed by atoms with Crippen LogP contribution in [-0.2, 0) is 4.74 Å². The summed E-state index contributed by atoms with van der Waals surface area (Å²) in [6, 6.07) is 4.48. The Bertz CT molecular complexity index is 1030. The van der Waals surface area contributed by atoms with Crippen molar-refractivity contribution in [2.75, 3.05) is 25.4 Å². The summed E-state index contributed by atoms with van der Waals surface area (Å²) in [7, 11) is 0. The topological polar surface area (TPSA) is 78.4 Å². The molecule has 2 aromatic heterocycles. The zero-order valence-electron chi connectivity index (χ0n) is 19.1. The van der Waals surface area contributed by atoms with Crippen LogP contribution >= 0.6 is 0 Å². The summed E-state index contributed by atoms with van der Waals surface area (Å²) >= 11 is 0. The lowest BCUT2D eigenvalue weighted by molar-refractivity contribution is -0.126. The Kier molecular flexibility index (Phi) is 4.92. The van der Waals surface area contributed by atoms with E-state index in [1.807, 2.05) is 0 Å². The summed E-state index contributed by atoms with van der Waals surface area (Å²) < 4.78 is 38.1. The number of halogens is 2. The number of nitrogens with two attached hydrogens (primary N) is 1. The van der Waals surface area contributed by atoms with Gasteiger partial charge in [0.25, 0.3) is 0 Å². The van der Waals surface area contributed by atoms with Crippen LogP contribution in [0.3, 0.4) is 0 Å². The first-order chi connectivity index (χ1) is 15.8. The molecule has 33 heavy (non-hydrogen) atoms. The summed E-state index contributed by atoms with van der Waals surface area (Å²) in [5.74, 6) is 1.73. The predicted octanol–water partition coefficient (Wildman–Crippen LogP) is 4.07. The summed E-state index contributed by atoms with van der Waals surface area (Å²) in [5.41, 5.74) is 8.45. The highest BCUT2D eigenvalue weighted by Crippen LogP contribution is 2.64. The standard InChI is InChI=1S/C24H31F2N5O2/c1-13(2)31-19(9-18(29-31)14-6-20(33-23(25)26)22(27)28-10-14)21-16-7-15(8-17(16)21)30-11-24(12-30)4-3-5-32-24/h6,9-10,13,15-17,21,23H,3-5,7-8,11-12H2,1-2H3,(H2,27,28)/t15?,16-,17+,21+. The molecule has 1 spiro atoms. The second-order valence-electron chi connectivity index (χ2n) is 10.5. The van der Waals surface area contributed by atoms with Crippen LogP contribution in [0.4, 0.5) is 14.6 Å². The minimum atomic E-state index is -2.95. The fraction of sp³-hybridized carbons (Fsp3) is 0.667. The smallest absolute Gasteiger partial charge is 0.387 e. The number of hydrogen-bond acceptors (Lipinski definition) is 6. The normalized spacial score (nSPS) is 30.2. The van der Waals surface area contributed by atoms with Gasteiger partial charge in [-0.1, -0.05) is 0 Å². The van der Waals surface area contributed by atoms with Crippen LogP contribution in [-0.4, -0.2) is 57.6 Å². The monoisotopic (exact) mass is 459 g/mol. The molecule has 2 aliphatic carbocycles. The van der Waals surface area contributed by atoms with E-state index in [0.717, 1.165) is 25.4 Å². The average Bonchev–Trinajstić information content (AvgIpc) is 3.23. The number of nitrogen functional groups attached to an aromatic ring is 1. The average molecular weight is 460 g/mol. The number of nitrogens with zero attached hydrogens (tertiary/aromatic N) is 4. The maximum atomic E-state index is 12.7.